The first-order chi connectivity index (χ1) is 13.9. The Labute approximate surface area is 167 Å². The number of aliphatic hydroxyl groups is 1. The van der Waals surface area contributed by atoms with Gasteiger partial charge in [-0.1, -0.05) is 25.3 Å². The van der Waals surface area contributed by atoms with E-state index in [1.54, 1.807) is 18.5 Å². The van der Waals surface area contributed by atoms with Crippen LogP contribution in [0.1, 0.15) is 37.7 Å². The Morgan fingerprint density at radius 1 is 1.24 bits per heavy atom. The van der Waals surface area contributed by atoms with Gasteiger partial charge in [-0.2, -0.15) is 8.78 Å². The fourth-order valence-corrected chi connectivity index (χ4v) is 3.38. The van der Waals surface area contributed by atoms with Crippen LogP contribution in [0.5, 0.6) is 11.5 Å². The van der Waals surface area contributed by atoms with Gasteiger partial charge in [0.2, 0.25) is 0 Å². The highest BCUT2D eigenvalue weighted by atomic mass is 19.3. The molecule has 29 heavy (non-hydrogen) atoms. The number of nitrogens with one attached hydrogen (secondary N) is 1. The van der Waals surface area contributed by atoms with Crippen molar-refractivity contribution in [3.05, 3.63) is 48.3 Å². The summed E-state index contributed by atoms with van der Waals surface area (Å²) in [4.78, 5) is 16.3. The number of halogens is 2. The third kappa shape index (κ3) is 4.64. The van der Waals surface area contributed by atoms with Crippen LogP contribution >= 0.6 is 0 Å². The topological polar surface area (TPSA) is 80.7 Å². The molecule has 1 aromatic carbocycles. The van der Waals surface area contributed by atoms with E-state index in [1.165, 1.54) is 25.3 Å². The van der Waals surface area contributed by atoms with Crippen molar-refractivity contribution in [1.29, 1.82) is 0 Å². The van der Waals surface area contributed by atoms with Crippen molar-refractivity contribution in [2.75, 3.05) is 12.4 Å². The Kier molecular flexibility index (Phi) is 6.32. The Morgan fingerprint density at radius 3 is 2.66 bits per heavy atom. The molecule has 3 rings (SSSR count). The summed E-state index contributed by atoms with van der Waals surface area (Å²) in [6, 6.07) is 7.96. The predicted octanol–water partition coefficient (Wildman–Crippen LogP) is 3.94. The van der Waals surface area contributed by atoms with Crippen molar-refractivity contribution >= 4 is 11.6 Å². The summed E-state index contributed by atoms with van der Waals surface area (Å²) in [5, 5.41) is 12.5. The molecule has 2 N–H and O–H groups in total. The number of amides is 1. The molecule has 0 saturated heterocycles. The number of anilines is 1. The maximum absolute atomic E-state index is 14.7. The summed E-state index contributed by atoms with van der Waals surface area (Å²) in [5.41, 5.74) is -1.38. The van der Waals surface area contributed by atoms with E-state index in [0.717, 1.165) is 12.0 Å². The van der Waals surface area contributed by atoms with Gasteiger partial charge in [-0.15, -0.1) is 0 Å². The lowest BCUT2D eigenvalue weighted by atomic mass is 9.79. The Balaban J connectivity index is 1.74. The molecule has 0 bridgehead atoms. The normalized spacial score (nSPS) is 16.1. The van der Waals surface area contributed by atoms with E-state index in [2.05, 4.69) is 10.3 Å². The number of carbonyl (C=O) groups is 1. The quantitative estimate of drug-likeness (QED) is 0.728. The van der Waals surface area contributed by atoms with E-state index in [1.807, 2.05) is 6.07 Å². The number of pyridine rings is 1. The van der Waals surface area contributed by atoms with Gasteiger partial charge in [0, 0.05) is 29.7 Å². The number of ether oxygens (including phenoxy) is 2. The number of alkyl halides is 2. The smallest absolute Gasteiger partial charge is 0.352 e. The van der Waals surface area contributed by atoms with Crippen molar-refractivity contribution in [1.82, 2.24) is 4.98 Å². The van der Waals surface area contributed by atoms with Crippen LogP contribution in [0.15, 0.2) is 42.7 Å². The molecule has 0 unspecified atom stereocenters. The minimum Gasteiger partial charge on any atom is -0.493 e. The number of nitrogens with zero attached hydrogens (tertiary/aromatic N) is 1. The van der Waals surface area contributed by atoms with Crippen LogP contribution < -0.4 is 14.8 Å². The lowest BCUT2D eigenvalue weighted by molar-refractivity contribution is -0.196. The van der Waals surface area contributed by atoms with Gasteiger partial charge in [0.1, 0.15) is 12.2 Å². The van der Waals surface area contributed by atoms with Crippen LogP contribution in [0.25, 0.3) is 0 Å². The molecule has 0 radical (unpaired) electrons. The first kappa shape index (κ1) is 21.0. The Hall–Kier alpha value is -2.74. The standard InChI is InChI=1S/C21H24F2N2O4/c1-28-17-8-7-16(12-18(17)29-14-15-6-5-11-24-13-15)25-19(26)21(22,23)20(27)9-3-2-4-10-20/h5-8,11-13,27H,2-4,9-10,14H2,1H3,(H,25,26). The molecule has 0 aliphatic heterocycles. The van der Waals surface area contributed by atoms with Crippen molar-refractivity contribution < 1.29 is 28.2 Å². The molecule has 8 heteroatoms. The summed E-state index contributed by atoms with van der Waals surface area (Å²) < 4.78 is 40.3. The largest absolute Gasteiger partial charge is 0.493 e. The van der Waals surface area contributed by atoms with Crippen molar-refractivity contribution in [2.24, 2.45) is 0 Å². The molecule has 1 amide bonds. The SMILES string of the molecule is COc1ccc(NC(=O)C(F)(F)C2(O)CCCCC2)cc1OCc1cccnc1. The highest BCUT2D eigenvalue weighted by molar-refractivity contribution is 5.97. The number of methoxy groups -OCH3 is 1. The second-order valence-electron chi connectivity index (χ2n) is 7.14. The van der Waals surface area contributed by atoms with E-state index < -0.39 is 17.4 Å². The van der Waals surface area contributed by atoms with Crippen molar-refractivity contribution in [3.63, 3.8) is 0 Å². The average Bonchev–Trinajstić information content (AvgIpc) is 2.73. The number of rotatable bonds is 7. The van der Waals surface area contributed by atoms with E-state index >= 15 is 0 Å². The first-order valence-corrected chi connectivity index (χ1v) is 9.47. The van der Waals surface area contributed by atoms with Gasteiger partial charge >= 0.3 is 5.92 Å². The molecule has 1 aromatic heterocycles. The highest BCUT2D eigenvalue weighted by Crippen LogP contribution is 2.41. The molecule has 1 aliphatic carbocycles. The summed E-state index contributed by atoms with van der Waals surface area (Å²) in [6.45, 7) is 0.192. The van der Waals surface area contributed by atoms with Crippen LogP contribution in [0.3, 0.4) is 0 Å². The third-order valence-corrected chi connectivity index (χ3v) is 5.09. The Morgan fingerprint density at radius 2 is 2.00 bits per heavy atom. The van der Waals surface area contributed by atoms with Crippen molar-refractivity contribution in [2.45, 2.75) is 50.2 Å². The number of aromatic nitrogens is 1. The average molecular weight is 406 g/mol. The minimum absolute atomic E-state index is 0.102. The molecule has 1 fully saturated rings. The molecule has 1 heterocycles. The number of hydrogen-bond acceptors (Lipinski definition) is 5. The van der Waals surface area contributed by atoms with Gasteiger partial charge in [0.15, 0.2) is 11.5 Å². The third-order valence-electron chi connectivity index (χ3n) is 5.09. The molecule has 156 valence electrons. The maximum atomic E-state index is 14.7. The molecule has 6 nitrogen and oxygen atoms in total. The van der Waals surface area contributed by atoms with Crippen LogP contribution in [-0.2, 0) is 11.4 Å². The summed E-state index contributed by atoms with van der Waals surface area (Å²) in [7, 11) is 1.46. The molecule has 1 aliphatic rings. The summed E-state index contributed by atoms with van der Waals surface area (Å²) in [5.74, 6) is -4.76. The maximum Gasteiger partial charge on any atom is 0.352 e. The van der Waals surface area contributed by atoms with E-state index in [0.29, 0.717) is 18.6 Å². The predicted molar refractivity (Wildman–Crippen MR) is 103 cm³/mol. The second kappa shape index (κ2) is 8.73. The monoisotopic (exact) mass is 406 g/mol. The van der Waals surface area contributed by atoms with Gasteiger partial charge in [-0.05, 0) is 31.0 Å². The zero-order chi connectivity index (χ0) is 20.9. The minimum atomic E-state index is -3.90. The Bertz CT molecular complexity index is 840. The van der Waals surface area contributed by atoms with Gasteiger partial charge < -0.3 is 19.9 Å². The zero-order valence-corrected chi connectivity index (χ0v) is 16.2. The number of carbonyl (C=O) groups excluding carboxylic acids is 1. The van der Waals surface area contributed by atoms with Crippen LogP contribution in [0.2, 0.25) is 0 Å². The van der Waals surface area contributed by atoms with Gasteiger partial charge in [0.25, 0.3) is 5.91 Å². The van der Waals surface area contributed by atoms with Crippen molar-refractivity contribution in [3.8, 4) is 11.5 Å². The number of hydrogen-bond donors (Lipinski definition) is 2. The number of benzene rings is 1. The van der Waals surface area contributed by atoms with Gasteiger partial charge in [0.05, 0.1) is 7.11 Å². The fourth-order valence-electron chi connectivity index (χ4n) is 3.38. The lowest BCUT2D eigenvalue weighted by Gasteiger charge is -2.37. The van der Waals surface area contributed by atoms with E-state index in [4.69, 9.17) is 9.47 Å². The molecule has 0 spiro atoms. The molecular formula is C21H24F2N2O4. The van der Waals surface area contributed by atoms with Crippen LogP contribution in [0.4, 0.5) is 14.5 Å². The van der Waals surface area contributed by atoms with Crippen LogP contribution in [-0.4, -0.2) is 34.6 Å². The first-order valence-electron chi connectivity index (χ1n) is 9.47. The lowest BCUT2D eigenvalue weighted by Crippen LogP contribution is -2.56. The molecule has 1 saturated carbocycles. The van der Waals surface area contributed by atoms with Crippen LogP contribution in [0, 0.1) is 0 Å². The highest BCUT2D eigenvalue weighted by Gasteiger charge is 2.58. The summed E-state index contributed by atoms with van der Waals surface area (Å²) >= 11 is 0. The summed E-state index contributed by atoms with van der Waals surface area (Å²) in [6.07, 6.45) is 4.79. The fraction of sp³-hybridized carbons (Fsp3) is 0.429. The molecule has 2 aromatic rings. The van der Waals surface area contributed by atoms with E-state index in [9.17, 15) is 18.7 Å². The zero-order valence-electron chi connectivity index (χ0n) is 16.2. The molecule has 0 atom stereocenters. The van der Waals surface area contributed by atoms with Gasteiger partial charge in [-0.25, -0.2) is 0 Å². The molecular weight excluding hydrogens is 382 g/mol. The van der Waals surface area contributed by atoms with Gasteiger partial charge in [-0.3, -0.25) is 9.78 Å². The second-order valence-corrected chi connectivity index (χ2v) is 7.14. The van der Waals surface area contributed by atoms with E-state index in [-0.39, 0.29) is 30.9 Å².